The summed E-state index contributed by atoms with van der Waals surface area (Å²) in [7, 11) is 0. The first-order valence-electron chi connectivity index (χ1n) is 4.20. The van der Waals surface area contributed by atoms with Crippen LogP contribution >= 0.6 is 22.7 Å². The fourth-order valence-electron chi connectivity index (χ4n) is 1.34. The van der Waals surface area contributed by atoms with Crippen molar-refractivity contribution in [2.75, 3.05) is 11.5 Å². The van der Waals surface area contributed by atoms with E-state index in [1.165, 1.54) is 29.2 Å². The first-order valence-corrected chi connectivity index (χ1v) is 5.83. The quantitative estimate of drug-likeness (QED) is 0.761. The van der Waals surface area contributed by atoms with Crippen molar-refractivity contribution in [1.82, 2.24) is 4.98 Å². The number of rotatable bonds is 1. The number of fused-ring (bicyclic) bond motifs is 1. The van der Waals surface area contributed by atoms with Crippen molar-refractivity contribution >= 4 is 42.9 Å². The lowest BCUT2D eigenvalue weighted by Crippen LogP contribution is -1.87. The van der Waals surface area contributed by atoms with Crippen molar-refractivity contribution in [2.24, 2.45) is 0 Å². The molecule has 13 heavy (non-hydrogen) atoms. The normalized spacial score (nSPS) is 16.9. The van der Waals surface area contributed by atoms with E-state index in [0.717, 1.165) is 15.2 Å². The van der Waals surface area contributed by atoms with Crippen molar-refractivity contribution in [2.45, 2.75) is 18.8 Å². The second-order valence-corrected chi connectivity index (χ2v) is 5.40. The average molecular weight is 211 g/mol. The molecule has 2 heterocycles. The first kappa shape index (κ1) is 7.58. The minimum absolute atomic E-state index is 0.705. The average Bonchev–Trinajstić information content (AvgIpc) is 2.82. The number of nitrogen functional groups attached to an aromatic ring is 2. The largest absolute Gasteiger partial charge is 0.395 e. The molecule has 3 nitrogen and oxygen atoms in total. The van der Waals surface area contributed by atoms with E-state index >= 15 is 0 Å². The van der Waals surface area contributed by atoms with Crippen molar-refractivity contribution in [3.05, 3.63) is 5.01 Å². The Morgan fingerprint density at radius 1 is 1.23 bits per heavy atom. The predicted molar refractivity (Wildman–Crippen MR) is 58.3 cm³/mol. The Bertz CT molecular complexity index is 467. The second kappa shape index (κ2) is 2.36. The fraction of sp³-hybridized carbons (Fsp3) is 0.375. The van der Waals surface area contributed by atoms with E-state index in [-0.39, 0.29) is 0 Å². The molecule has 0 aromatic carbocycles. The highest BCUT2D eigenvalue weighted by Crippen LogP contribution is 2.47. The molecule has 4 N–H and O–H groups in total. The van der Waals surface area contributed by atoms with Crippen LogP contribution in [0, 0.1) is 0 Å². The molecule has 1 aliphatic rings. The summed E-state index contributed by atoms with van der Waals surface area (Å²) in [6.07, 6.45) is 2.58. The van der Waals surface area contributed by atoms with Crippen LogP contribution in [0.5, 0.6) is 0 Å². The molecule has 1 aliphatic carbocycles. The molecule has 0 spiro atoms. The van der Waals surface area contributed by atoms with Crippen molar-refractivity contribution in [1.29, 1.82) is 0 Å². The van der Waals surface area contributed by atoms with Gasteiger partial charge in [0, 0.05) is 5.92 Å². The van der Waals surface area contributed by atoms with E-state index in [0.29, 0.717) is 10.9 Å². The third-order valence-corrected chi connectivity index (χ3v) is 4.56. The number of nitrogens with two attached hydrogens (primary N) is 2. The molecule has 2 aromatic heterocycles. The summed E-state index contributed by atoms with van der Waals surface area (Å²) in [5.41, 5.74) is 12.3. The Kier molecular flexibility index (Phi) is 1.38. The fourth-order valence-corrected chi connectivity index (χ4v) is 3.58. The molecule has 68 valence electrons. The lowest BCUT2D eigenvalue weighted by Gasteiger charge is -1.87. The number of aromatic nitrogens is 1. The van der Waals surface area contributed by atoms with E-state index in [9.17, 15) is 0 Å². The third kappa shape index (κ3) is 1.04. The Hall–Kier alpha value is -0.810. The predicted octanol–water partition coefficient (Wildman–Crippen LogP) is 2.40. The van der Waals surface area contributed by atoms with Crippen LogP contribution in [0.3, 0.4) is 0 Å². The number of hydrogen-bond donors (Lipinski definition) is 2. The highest BCUT2D eigenvalue weighted by Gasteiger charge is 2.28. The monoisotopic (exact) mass is 211 g/mol. The third-order valence-electron chi connectivity index (χ3n) is 2.26. The van der Waals surface area contributed by atoms with Crippen LogP contribution in [0.1, 0.15) is 23.8 Å². The number of nitrogens with zero attached hydrogens (tertiary/aromatic N) is 1. The summed E-state index contributed by atoms with van der Waals surface area (Å²) in [4.78, 5) is 5.55. The van der Waals surface area contributed by atoms with Gasteiger partial charge in [0.25, 0.3) is 0 Å². The van der Waals surface area contributed by atoms with E-state index in [1.54, 1.807) is 11.3 Å². The molecular weight excluding hydrogens is 202 g/mol. The van der Waals surface area contributed by atoms with Crippen molar-refractivity contribution in [3.8, 4) is 0 Å². The zero-order valence-corrected chi connectivity index (χ0v) is 8.54. The van der Waals surface area contributed by atoms with E-state index in [1.807, 2.05) is 0 Å². The maximum Gasteiger partial charge on any atom is 0.138 e. The van der Waals surface area contributed by atoms with Gasteiger partial charge in [-0.15, -0.1) is 11.3 Å². The molecule has 0 unspecified atom stereocenters. The molecule has 0 radical (unpaired) electrons. The van der Waals surface area contributed by atoms with E-state index in [4.69, 9.17) is 11.5 Å². The van der Waals surface area contributed by atoms with Gasteiger partial charge in [0.15, 0.2) is 0 Å². The minimum Gasteiger partial charge on any atom is -0.395 e. The molecule has 1 saturated carbocycles. The van der Waals surface area contributed by atoms with Crippen LogP contribution in [-0.4, -0.2) is 4.98 Å². The molecule has 0 saturated heterocycles. The molecule has 2 aromatic rings. The van der Waals surface area contributed by atoms with Gasteiger partial charge in [0.05, 0.1) is 15.4 Å². The van der Waals surface area contributed by atoms with Gasteiger partial charge in [0.1, 0.15) is 9.83 Å². The standard InChI is InChI=1S/C8H9N3S2/c9-4-5-8(13-6(4)10)11-7(12-5)3-1-2-3/h3H,1-2,9-10H2. The van der Waals surface area contributed by atoms with Gasteiger partial charge in [0.2, 0.25) is 0 Å². The Morgan fingerprint density at radius 3 is 2.62 bits per heavy atom. The number of thiophene rings is 1. The highest BCUT2D eigenvalue weighted by molar-refractivity contribution is 7.30. The van der Waals surface area contributed by atoms with Crippen molar-refractivity contribution in [3.63, 3.8) is 0 Å². The lowest BCUT2D eigenvalue weighted by atomic mass is 10.4. The van der Waals surface area contributed by atoms with Gasteiger partial charge < -0.3 is 11.5 Å². The Labute approximate surface area is 83.4 Å². The van der Waals surface area contributed by atoms with Crippen LogP contribution in [0.4, 0.5) is 10.7 Å². The summed E-state index contributed by atoms with van der Waals surface area (Å²) in [6.45, 7) is 0. The SMILES string of the molecule is Nc1sc2nc(C3CC3)sc2c1N. The molecule has 0 atom stereocenters. The van der Waals surface area contributed by atoms with Gasteiger partial charge in [-0.25, -0.2) is 4.98 Å². The minimum atomic E-state index is 0.705. The van der Waals surface area contributed by atoms with Gasteiger partial charge in [-0.2, -0.15) is 0 Å². The van der Waals surface area contributed by atoms with E-state index in [2.05, 4.69) is 4.98 Å². The lowest BCUT2D eigenvalue weighted by molar-refractivity contribution is 1.10. The van der Waals surface area contributed by atoms with Crippen LogP contribution in [0.25, 0.3) is 9.53 Å². The molecule has 1 fully saturated rings. The summed E-state index contributed by atoms with van der Waals surface area (Å²) in [6, 6.07) is 0. The molecule has 0 aliphatic heterocycles. The van der Waals surface area contributed by atoms with Gasteiger partial charge in [-0.3, -0.25) is 0 Å². The second-order valence-electron chi connectivity index (χ2n) is 3.34. The molecule has 3 rings (SSSR count). The zero-order chi connectivity index (χ0) is 9.00. The zero-order valence-electron chi connectivity index (χ0n) is 6.91. The van der Waals surface area contributed by atoms with Crippen LogP contribution in [0.15, 0.2) is 0 Å². The Balaban J connectivity index is 2.23. The summed E-state index contributed by atoms with van der Waals surface area (Å²) in [5, 5.41) is 1.95. The summed E-state index contributed by atoms with van der Waals surface area (Å²) >= 11 is 3.21. The maximum atomic E-state index is 5.83. The van der Waals surface area contributed by atoms with Crippen LogP contribution < -0.4 is 11.5 Å². The van der Waals surface area contributed by atoms with Crippen molar-refractivity contribution < 1.29 is 0 Å². The molecule has 5 heteroatoms. The molecular formula is C8H9N3S2. The Morgan fingerprint density at radius 2 is 2.00 bits per heavy atom. The molecule has 0 amide bonds. The highest BCUT2D eigenvalue weighted by atomic mass is 32.1. The number of thiazole rings is 1. The van der Waals surface area contributed by atoms with Gasteiger partial charge in [-0.1, -0.05) is 11.3 Å². The topological polar surface area (TPSA) is 64.9 Å². The van der Waals surface area contributed by atoms with E-state index < -0.39 is 0 Å². The van der Waals surface area contributed by atoms with Gasteiger partial charge in [-0.05, 0) is 12.8 Å². The first-order chi connectivity index (χ1) is 6.25. The molecule has 0 bridgehead atoms. The number of hydrogen-bond acceptors (Lipinski definition) is 5. The summed E-state index contributed by atoms with van der Waals surface area (Å²) < 4.78 is 1.09. The van der Waals surface area contributed by atoms with Gasteiger partial charge >= 0.3 is 0 Å². The maximum absolute atomic E-state index is 5.83. The smallest absolute Gasteiger partial charge is 0.138 e. The van der Waals surface area contributed by atoms with Crippen LogP contribution in [0.2, 0.25) is 0 Å². The number of anilines is 2. The van der Waals surface area contributed by atoms with Crippen LogP contribution in [-0.2, 0) is 0 Å². The summed E-state index contributed by atoms with van der Waals surface area (Å²) in [5.74, 6) is 0.713.